The second kappa shape index (κ2) is 11.6. The zero-order valence-corrected chi connectivity index (χ0v) is 20.9. The molecule has 3 N–H and O–H groups in total. The van der Waals surface area contributed by atoms with Crippen LogP contribution in [0.3, 0.4) is 0 Å². The molecule has 0 unspecified atom stereocenters. The number of ether oxygens (including phenoxy) is 1. The van der Waals surface area contributed by atoms with Gasteiger partial charge in [-0.15, -0.1) is 21.5 Å². The number of carbonyl (C=O) groups is 3. The Balaban J connectivity index is 1.63. The van der Waals surface area contributed by atoms with Gasteiger partial charge in [-0.05, 0) is 31.7 Å². The van der Waals surface area contributed by atoms with Crippen LogP contribution in [0.4, 0.5) is 5.00 Å². The van der Waals surface area contributed by atoms with E-state index in [1.54, 1.807) is 6.92 Å². The highest BCUT2D eigenvalue weighted by Crippen LogP contribution is 2.34. The SMILES string of the molecule is CCn1c(CCC2CCCCC2)nnc1SCC(=O)Nc1sc(C(N)=O)c(C)c1C(=O)OC. The number of esters is 1. The summed E-state index contributed by atoms with van der Waals surface area (Å²) in [6, 6.07) is 0. The number of hydrogen-bond acceptors (Lipinski definition) is 8. The molecular formula is C22H31N5O4S2. The lowest BCUT2D eigenvalue weighted by molar-refractivity contribution is -0.113. The fourth-order valence-electron chi connectivity index (χ4n) is 4.21. The molecule has 0 aromatic carbocycles. The monoisotopic (exact) mass is 493 g/mol. The molecule has 1 aliphatic carbocycles. The predicted molar refractivity (Wildman–Crippen MR) is 129 cm³/mol. The van der Waals surface area contributed by atoms with Crippen LogP contribution in [0.1, 0.15) is 76.9 Å². The van der Waals surface area contributed by atoms with Gasteiger partial charge in [0.2, 0.25) is 5.91 Å². The summed E-state index contributed by atoms with van der Waals surface area (Å²) in [7, 11) is 1.24. The standard InChI is InChI=1S/C22H31N5O4S2/c1-4-27-15(11-10-14-8-6-5-7-9-14)25-26-22(27)32-12-16(28)24-20-17(21(30)31-3)13(2)18(33-20)19(23)29/h14H,4-12H2,1-3H3,(H2,23,29)(H,24,28). The maximum atomic E-state index is 12.6. The van der Waals surface area contributed by atoms with Crippen LogP contribution in [0.25, 0.3) is 0 Å². The number of methoxy groups -OCH3 is 1. The van der Waals surface area contributed by atoms with E-state index in [-0.39, 0.29) is 27.1 Å². The molecule has 3 rings (SSSR count). The lowest BCUT2D eigenvalue weighted by Crippen LogP contribution is -2.16. The average Bonchev–Trinajstić information content (AvgIpc) is 3.36. The highest BCUT2D eigenvalue weighted by atomic mass is 32.2. The van der Waals surface area contributed by atoms with Crippen LogP contribution >= 0.6 is 23.1 Å². The second-order valence-corrected chi connectivity index (χ2v) is 10.1. The molecule has 0 bridgehead atoms. The van der Waals surface area contributed by atoms with Crippen LogP contribution in [0, 0.1) is 12.8 Å². The molecule has 2 aromatic rings. The van der Waals surface area contributed by atoms with E-state index < -0.39 is 11.9 Å². The third-order valence-electron chi connectivity index (χ3n) is 5.96. The van der Waals surface area contributed by atoms with Crippen LogP contribution < -0.4 is 11.1 Å². The van der Waals surface area contributed by atoms with Gasteiger partial charge in [0, 0.05) is 13.0 Å². The van der Waals surface area contributed by atoms with Crippen molar-refractivity contribution < 1.29 is 19.1 Å². The van der Waals surface area contributed by atoms with Crippen molar-refractivity contribution in [2.75, 3.05) is 18.2 Å². The van der Waals surface area contributed by atoms with Gasteiger partial charge in [0.05, 0.1) is 23.3 Å². The largest absolute Gasteiger partial charge is 0.465 e. The van der Waals surface area contributed by atoms with Gasteiger partial charge in [-0.1, -0.05) is 43.9 Å². The first-order chi connectivity index (χ1) is 15.8. The van der Waals surface area contributed by atoms with Crippen LogP contribution in [-0.4, -0.2) is 45.4 Å². The van der Waals surface area contributed by atoms with Crippen molar-refractivity contribution >= 4 is 45.9 Å². The molecule has 0 atom stereocenters. The molecule has 2 aromatic heterocycles. The van der Waals surface area contributed by atoms with Crippen LogP contribution in [0.2, 0.25) is 0 Å². The van der Waals surface area contributed by atoms with Gasteiger partial charge in [0.15, 0.2) is 5.16 Å². The number of nitrogens with zero attached hydrogens (tertiary/aromatic N) is 3. The number of aromatic nitrogens is 3. The van der Waals surface area contributed by atoms with Gasteiger partial charge in [-0.2, -0.15) is 0 Å². The zero-order chi connectivity index (χ0) is 24.0. The van der Waals surface area contributed by atoms with Crippen molar-refractivity contribution in [2.24, 2.45) is 11.7 Å². The van der Waals surface area contributed by atoms with Crippen LogP contribution in [0.15, 0.2) is 5.16 Å². The topological polar surface area (TPSA) is 129 Å². The third kappa shape index (κ3) is 6.14. The number of nitrogens with two attached hydrogens (primary N) is 1. The van der Waals surface area contributed by atoms with Crippen molar-refractivity contribution in [3.63, 3.8) is 0 Å². The van der Waals surface area contributed by atoms with E-state index in [4.69, 9.17) is 10.5 Å². The lowest BCUT2D eigenvalue weighted by Gasteiger charge is -2.21. The van der Waals surface area contributed by atoms with Crippen molar-refractivity contribution in [1.82, 2.24) is 14.8 Å². The van der Waals surface area contributed by atoms with Gasteiger partial charge in [-0.3, -0.25) is 9.59 Å². The van der Waals surface area contributed by atoms with E-state index >= 15 is 0 Å². The lowest BCUT2D eigenvalue weighted by atomic mass is 9.86. The first-order valence-corrected chi connectivity index (χ1v) is 13.0. The minimum absolute atomic E-state index is 0.0875. The molecule has 0 radical (unpaired) electrons. The summed E-state index contributed by atoms with van der Waals surface area (Å²) in [5.74, 6) is 0.202. The Morgan fingerprint density at radius 3 is 2.61 bits per heavy atom. The molecule has 0 saturated heterocycles. The molecule has 11 heteroatoms. The molecule has 33 heavy (non-hydrogen) atoms. The summed E-state index contributed by atoms with van der Waals surface area (Å²) >= 11 is 2.26. The highest BCUT2D eigenvalue weighted by Gasteiger charge is 2.25. The minimum atomic E-state index is -0.658. The van der Waals surface area contributed by atoms with Gasteiger partial charge >= 0.3 is 5.97 Å². The third-order valence-corrected chi connectivity index (χ3v) is 8.14. The van der Waals surface area contributed by atoms with Crippen molar-refractivity contribution in [3.8, 4) is 0 Å². The number of thiophene rings is 1. The summed E-state index contributed by atoms with van der Waals surface area (Å²) in [5.41, 5.74) is 5.94. The summed E-state index contributed by atoms with van der Waals surface area (Å²) in [5, 5.41) is 12.3. The Morgan fingerprint density at radius 2 is 1.97 bits per heavy atom. The summed E-state index contributed by atoms with van der Waals surface area (Å²) in [6.45, 7) is 4.38. The number of aryl methyl sites for hydroxylation is 1. The van der Waals surface area contributed by atoms with Crippen molar-refractivity contribution in [2.45, 2.75) is 70.5 Å². The number of carbonyl (C=O) groups excluding carboxylic acids is 3. The van der Waals surface area contributed by atoms with E-state index in [1.807, 2.05) is 6.92 Å². The van der Waals surface area contributed by atoms with E-state index in [9.17, 15) is 14.4 Å². The number of anilines is 1. The average molecular weight is 494 g/mol. The fraction of sp³-hybridized carbons (Fsp3) is 0.591. The Kier molecular flexibility index (Phi) is 8.90. The second-order valence-electron chi connectivity index (χ2n) is 8.14. The molecule has 2 amide bonds. The maximum absolute atomic E-state index is 12.6. The molecule has 1 fully saturated rings. The number of hydrogen-bond donors (Lipinski definition) is 2. The molecule has 0 spiro atoms. The minimum Gasteiger partial charge on any atom is -0.465 e. The fourth-order valence-corrected chi connectivity index (χ4v) is 6.10. The first-order valence-electron chi connectivity index (χ1n) is 11.2. The van der Waals surface area contributed by atoms with E-state index in [1.165, 1.54) is 51.0 Å². The molecule has 0 aliphatic heterocycles. The molecule has 1 saturated carbocycles. The van der Waals surface area contributed by atoms with Gasteiger partial charge in [0.1, 0.15) is 10.8 Å². The first kappa shape index (κ1) is 25.2. The summed E-state index contributed by atoms with van der Waals surface area (Å²) < 4.78 is 6.86. The van der Waals surface area contributed by atoms with Gasteiger partial charge in [0.25, 0.3) is 5.91 Å². The number of amides is 2. The Hall–Kier alpha value is -2.40. The molecule has 1 aliphatic rings. The number of rotatable bonds is 10. The number of nitrogens with one attached hydrogen (secondary N) is 1. The van der Waals surface area contributed by atoms with E-state index in [2.05, 4.69) is 20.1 Å². The van der Waals surface area contributed by atoms with Gasteiger partial charge in [-0.25, -0.2) is 4.79 Å². The Morgan fingerprint density at radius 1 is 1.24 bits per heavy atom. The number of thioether (sulfide) groups is 1. The zero-order valence-electron chi connectivity index (χ0n) is 19.3. The predicted octanol–water partition coefficient (Wildman–Crippen LogP) is 3.80. The Labute approximate surface area is 201 Å². The van der Waals surface area contributed by atoms with Crippen molar-refractivity contribution in [1.29, 1.82) is 0 Å². The van der Waals surface area contributed by atoms with Crippen LogP contribution in [-0.2, 0) is 22.5 Å². The Bertz CT molecular complexity index is 1010. The van der Waals surface area contributed by atoms with Crippen molar-refractivity contribution in [3.05, 3.63) is 21.8 Å². The summed E-state index contributed by atoms with van der Waals surface area (Å²) in [4.78, 5) is 36.7. The van der Waals surface area contributed by atoms with E-state index in [0.717, 1.165) is 42.5 Å². The van der Waals surface area contributed by atoms with E-state index in [0.29, 0.717) is 10.7 Å². The normalized spacial score (nSPS) is 14.3. The summed E-state index contributed by atoms with van der Waals surface area (Å²) in [6.07, 6.45) is 8.61. The van der Waals surface area contributed by atoms with Crippen LogP contribution in [0.5, 0.6) is 0 Å². The quantitative estimate of drug-likeness (QED) is 0.380. The smallest absolute Gasteiger partial charge is 0.341 e. The molecule has 180 valence electrons. The molecule has 9 nitrogen and oxygen atoms in total. The number of primary amides is 1. The maximum Gasteiger partial charge on any atom is 0.341 e. The highest BCUT2D eigenvalue weighted by molar-refractivity contribution is 7.99. The molecular weight excluding hydrogens is 462 g/mol. The van der Waals surface area contributed by atoms with Gasteiger partial charge < -0.3 is 20.4 Å². The molecule has 2 heterocycles.